The molecule has 2 aromatic carbocycles. The molecule has 1 aliphatic rings. The molecule has 0 atom stereocenters. The number of hydrogen-bond acceptors (Lipinski definition) is 7. The number of fused-ring (bicyclic) bond motifs is 1. The number of rotatable bonds is 8. The molecule has 8 nitrogen and oxygen atoms in total. The molecule has 2 heterocycles. The van der Waals surface area contributed by atoms with E-state index in [0.717, 1.165) is 29.2 Å². The van der Waals surface area contributed by atoms with Crippen LogP contribution in [0, 0.1) is 5.41 Å². The van der Waals surface area contributed by atoms with E-state index in [9.17, 15) is 9.90 Å². The molecule has 0 saturated heterocycles. The Labute approximate surface area is 200 Å². The van der Waals surface area contributed by atoms with Crippen molar-refractivity contribution in [2.75, 3.05) is 29.9 Å². The van der Waals surface area contributed by atoms with E-state index in [1.807, 2.05) is 18.2 Å². The lowest BCUT2D eigenvalue weighted by atomic mass is 10.1. The average Bonchev–Trinajstić information content (AvgIpc) is 3.39. The third-order valence-corrected chi connectivity index (χ3v) is 6.35. The van der Waals surface area contributed by atoms with Gasteiger partial charge in [-0.15, -0.1) is 0 Å². The van der Waals surface area contributed by atoms with E-state index in [1.165, 1.54) is 0 Å². The Hall–Kier alpha value is -3.14. The third kappa shape index (κ3) is 5.11. The first-order chi connectivity index (χ1) is 16.0. The van der Waals surface area contributed by atoms with E-state index in [2.05, 4.69) is 15.0 Å². The average molecular weight is 486 g/mol. The predicted molar refractivity (Wildman–Crippen MR) is 131 cm³/mol. The van der Waals surface area contributed by atoms with Crippen LogP contribution >= 0.6 is 23.1 Å². The third-order valence-electron chi connectivity index (χ3n) is 5.36. The number of nitrogens with zero attached hydrogens (tertiary/aromatic N) is 2. The normalized spacial score (nSPS) is 12.5. The number of aliphatic hydroxyl groups excluding tert-OH is 1. The standard InChI is InChI=1S/C23H24ClN5O3S/c24-16-6-7-18-14(12-16)8-10-29(18)23(32)15-4-3-5-17(13-15)27-22-19(21(31)28-33-22)20(25)26-9-1-2-11-30/h3-7,12-13,27,30H,1-2,8-11H2,(H2,25,26)(H,28,31). The van der Waals surface area contributed by atoms with Gasteiger partial charge in [-0.2, -0.15) is 4.37 Å². The largest absolute Gasteiger partial charge is 0.492 e. The summed E-state index contributed by atoms with van der Waals surface area (Å²) in [4.78, 5) is 15.0. The zero-order valence-electron chi connectivity index (χ0n) is 17.8. The summed E-state index contributed by atoms with van der Waals surface area (Å²) in [7, 11) is 0. The lowest BCUT2D eigenvalue weighted by Crippen LogP contribution is -2.28. The molecular formula is C23H24ClN5O3S. The number of benzene rings is 2. The number of amides is 1. The second kappa shape index (κ2) is 10.2. The molecule has 1 amide bonds. The summed E-state index contributed by atoms with van der Waals surface area (Å²) in [5, 5.41) is 34.6. The second-order valence-corrected chi connectivity index (χ2v) is 8.84. The fourth-order valence-electron chi connectivity index (χ4n) is 3.73. The first kappa shape index (κ1) is 23.0. The van der Waals surface area contributed by atoms with Gasteiger partial charge in [0.25, 0.3) is 5.91 Å². The summed E-state index contributed by atoms with van der Waals surface area (Å²) in [5.41, 5.74) is 3.37. The molecule has 172 valence electrons. The summed E-state index contributed by atoms with van der Waals surface area (Å²) in [6, 6.07) is 12.7. The Morgan fingerprint density at radius 1 is 1.24 bits per heavy atom. The summed E-state index contributed by atoms with van der Waals surface area (Å²) < 4.78 is 3.96. The van der Waals surface area contributed by atoms with Crippen LogP contribution < -0.4 is 15.5 Å². The van der Waals surface area contributed by atoms with Gasteiger partial charge in [-0.25, -0.2) is 0 Å². The first-order valence-electron chi connectivity index (χ1n) is 10.6. The van der Waals surface area contributed by atoms with Gasteiger partial charge in [0.15, 0.2) is 0 Å². The minimum Gasteiger partial charge on any atom is -0.492 e. The lowest BCUT2D eigenvalue weighted by molar-refractivity contribution is 0.0989. The molecule has 1 aliphatic heterocycles. The van der Waals surface area contributed by atoms with Crippen LogP contribution in [-0.4, -0.2) is 46.0 Å². The Bertz CT molecular complexity index is 1180. The van der Waals surface area contributed by atoms with Gasteiger partial charge in [0, 0.05) is 41.7 Å². The van der Waals surface area contributed by atoms with Gasteiger partial charge in [-0.05, 0) is 72.8 Å². The van der Waals surface area contributed by atoms with Crippen LogP contribution in [0.3, 0.4) is 0 Å². The maximum atomic E-state index is 13.2. The maximum absolute atomic E-state index is 13.2. The quantitative estimate of drug-likeness (QED) is 0.186. The molecule has 0 saturated carbocycles. The van der Waals surface area contributed by atoms with Crippen LogP contribution in [0.15, 0.2) is 42.5 Å². The topological polar surface area (TPSA) is 122 Å². The summed E-state index contributed by atoms with van der Waals surface area (Å²) in [6.45, 7) is 1.19. The highest BCUT2D eigenvalue weighted by atomic mass is 35.5. The van der Waals surface area contributed by atoms with Gasteiger partial charge in [0.1, 0.15) is 16.4 Å². The fourth-order valence-corrected chi connectivity index (χ4v) is 4.64. The first-order valence-corrected chi connectivity index (χ1v) is 11.7. The highest BCUT2D eigenvalue weighted by Gasteiger charge is 2.26. The van der Waals surface area contributed by atoms with Gasteiger partial charge in [0.2, 0.25) is 5.88 Å². The number of aromatic nitrogens is 1. The van der Waals surface area contributed by atoms with E-state index in [-0.39, 0.29) is 29.8 Å². The number of carbonyl (C=O) groups is 1. The number of anilines is 3. The zero-order valence-corrected chi connectivity index (χ0v) is 19.3. The van der Waals surface area contributed by atoms with Crippen LogP contribution in [0.4, 0.5) is 16.4 Å². The summed E-state index contributed by atoms with van der Waals surface area (Å²) >= 11 is 7.12. The van der Waals surface area contributed by atoms with Crippen LogP contribution in [0.1, 0.15) is 34.3 Å². The van der Waals surface area contributed by atoms with E-state index in [4.69, 9.17) is 22.1 Å². The van der Waals surface area contributed by atoms with Crippen molar-refractivity contribution in [1.29, 1.82) is 5.41 Å². The molecule has 1 aromatic heterocycles. The van der Waals surface area contributed by atoms with Crippen molar-refractivity contribution in [3.05, 3.63) is 64.2 Å². The van der Waals surface area contributed by atoms with E-state index in [1.54, 1.807) is 29.2 Å². The predicted octanol–water partition coefficient (Wildman–Crippen LogP) is 4.14. The van der Waals surface area contributed by atoms with Gasteiger partial charge in [-0.3, -0.25) is 10.2 Å². The number of aromatic hydroxyl groups is 1. The molecule has 5 N–H and O–H groups in total. The summed E-state index contributed by atoms with van der Waals surface area (Å²) in [6.07, 6.45) is 2.10. The molecule has 0 radical (unpaired) electrons. The van der Waals surface area contributed by atoms with Gasteiger partial charge >= 0.3 is 0 Å². The molecule has 0 fully saturated rings. The Kier molecular flexibility index (Phi) is 7.12. The molecule has 0 bridgehead atoms. The Morgan fingerprint density at radius 3 is 2.91 bits per heavy atom. The zero-order chi connectivity index (χ0) is 23.4. The number of hydrogen-bond donors (Lipinski definition) is 5. The van der Waals surface area contributed by atoms with Crippen molar-refractivity contribution in [1.82, 2.24) is 9.69 Å². The monoisotopic (exact) mass is 485 g/mol. The molecule has 3 aromatic rings. The van der Waals surface area contributed by atoms with Crippen LogP contribution in [-0.2, 0) is 6.42 Å². The van der Waals surface area contributed by atoms with Crippen molar-refractivity contribution in [2.45, 2.75) is 19.3 Å². The maximum Gasteiger partial charge on any atom is 0.258 e. The smallest absolute Gasteiger partial charge is 0.258 e. The van der Waals surface area contributed by atoms with E-state index >= 15 is 0 Å². The molecule has 10 heteroatoms. The second-order valence-electron chi connectivity index (χ2n) is 7.63. The van der Waals surface area contributed by atoms with Crippen LogP contribution in [0.5, 0.6) is 5.88 Å². The summed E-state index contributed by atoms with van der Waals surface area (Å²) in [5.74, 6) is -0.298. The van der Waals surface area contributed by atoms with Crippen molar-refractivity contribution in [2.24, 2.45) is 0 Å². The SMILES string of the molecule is N=C(NCCCCO)c1c(O)nsc1Nc1cccc(C(=O)N2CCc3cc(Cl)ccc32)c1. The molecule has 0 unspecified atom stereocenters. The van der Waals surface area contributed by atoms with Crippen molar-refractivity contribution >= 4 is 51.3 Å². The molecule has 0 aliphatic carbocycles. The minimum atomic E-state index is -0.235. The number of carbonyl (C=O) groups excluding carboxylic acids is 1. The molecular weight excluding hydrogens is 462 g/mol. The van der Waals surface area contributed by atoms with Crippen molar-refractivity contribution in [3.63, 3.8) is 0 Å². The number of amidine groups is 1. The van der Waals surface area contributed by atoms with Gasteiger partial charge in [0.05, 0.1) is 0 Å². The molecule has 33 heavy (non-hydrogen) atoms. The van der Waals surface area contributed by atoms with E-state index in [0.29, 0.717) is 47.2 Å². The fraction of sp³-hybridized carbons (Fsp3) is 0.261. The number of unbranched alkanes of at least 4 members (excludes halogenated alkanes) is 1. The molecule has 0 spiro atoms. The molecule has 4 rings (SSSR count). The van der Waals surface area contributed by atoms with E-state index < -0.39 is 0 Å². The number of nitrogens with one attached hydrogen (secondary N) is 3. The highest BCUT2D eigenvalue weighted by Crippen LogP contribution is 2.34. The Morgan fingerprint density at radius 2 is 2.09 bits per heavy atom. The highest BCUT2D eigenvalue weighted by molar-refractivity contribution is 7.11. The van der Waals surface area contributed by atoms with Crippen LogP contribution in [0.25, 0.3) is 0 Å². The Balaban J connectivity index is 1.50. The van der Waals surface area contributed by atoms with Crippen molar-refractivity contribution < 1.29 is 15.0 Å². The lowest BCUT2D eigenvalue weighted by Gasteiger charge is -2.18. The van der Waals surface area contributed by atoms with Crippen LogP contribution in [0.2, 0.25) is 5.02 Å². The van der Waals surface area contributed by atoms with Gasteiger partial charge in [-0.1, -0.05) is 17.7 Å². The minimum absolute atomic E-state index is 0.0428. The number of halogens is 1. The van der Waals surface area contributed by atoms with Gasteiger partial charge < -0.3 is 25.7 Å². The number of aliphatic hydroxyl groups is 1. The van der Waals surface area contributed by atoms with Crippen molar-refractivity contribution in [3.8, 4) is 5.88 Å².